The Hall–Kier alpha value is -1.35. The van der Waals surface area contributed by atoms with Gasteiger partial charge < -0.3 is 5.73 Å². The van der Waals surface area contributed by atoms with Gasteiger partial charge in [0, 0.05) is 16.2 Å². The van der Waals surface area contributed by atoms with E-state index in [9.17, 15) is 0 Å². The van der Waals surface area contributed by atoms with Crippen LogP contribution in [0.3, 0.4) is 0 Å². The zero-order valence-electron chi connectivity index (χ0n) is 8.37. The topological polar surface area (TPSA) is 38.9 Å². The molecule has 0 unspecified atom stereocenters. The Morgan fingerprint density at radius 1 is 1.20 bits per heavy atom. The third-order valence-electron chi connectivity index (χ3n) is 2.34. The first-order valence-electron chi connectivity index (χ1n) is 4.64. The summed E-state index contributed by atoms with van der Waals surface area (Å²) < 4.78 is 1.05. The molecule has 0 saturated carbocycles. The van der Waals surface area contributed by atoms with E-state index in [1.807, 2.05) is 12.1 Å². The summed E-state index contributed by atoms with van der Waals surface area (Å²) in [5.74, 6) is 0. The third kappa shape index (κ3) is 2.02. The van der Waals surface area contributed by atoms with Crippen molar-refractivity contribution >= 4 is 21.6 Å². The Bertz CT molecular complexity index is 495. The first-order valence-corrected chi connectivity index (χ1v) is 5.44. The molecular weight excluding hydrogens is 252 g/mol. The fraction of sp³-hybridized carbons (Fsp3) is 0.0833. The minimum atomic E-state index is 0.707. The zero-order valence-corrected chi connectivity index (χ0v) is 9.95. The number of pyridine rings is 1. The number of rotatable bonds is 1. The third-order valence-corrected chi connectivity index (χ3v) is 2.83. The summed E-state index contributed by atoms with van der Waals surface area (Å²) in [4.78, 5) is 3.99. The molecule has 2 nitrogen and oxygen atoms in total. The minimum Gasteiger partial charge on any atom is -0.397 e. The number of hydrogen-bond donors (Lipinski definition) is 1. The van der Waals surface area contributed by atoms with Gasteiger partial charge in [0.25, 0.3) is 0 Å². The van der Waals surface area contributed by atoms with E-state index in [4.69, 9.17) is 5.73 Å². The molecule has 3 heteroatoms. The van der Waals surface area contributed by atoms with E-state index in [1.54, 1.807) is 12.4 Å². The van der Waals surface area contributed by atoms with Crippen LogP contribution < -0.4 is 5.73 Å². The highest BCUT2D eigenvalue weighted by molar-refractivity contribution is 9.10. The Morgan fingerprint density at radius 3 is 2.73 bits per heavy atom. The highest BCUT2D eigenvalue weighted by Crippen LogP contribution is 2.30. The van der Waals surface area contributed by atoms with Crippen LogP contribution in [0.1, 0.15) is 5.56 Å². The van der Waals surface area contributed by atoms with E-state index in [0.29, 0.717) is 5.69 Å². The van der Waals surface area contributed by atoms with Gasteiger partial charge in [0.05, 0.1) is 11.9 Å². The van der Waals surface area contributed by atoms with E-state index in [2.05, 4.69) is 40.0 Å². The molecule has 0 atom stereocenters. The van der Waals surface area contributed by atoms with Gasteiger partial charge in [0.1, 0.15) is 0 Å². The lowest BCUT2D eigenvalue weighted by Crippen LogP contribution is -1.92. The van der Waals surface area contributed by atoms with Crippen LogP contribution in [0, 0.1) is 6.92 Å². The molecule has 0 aliphatic carbocycles. The van der Waals surface area contributed by atoms with Gasteiger partial charge in [-0.3, -0.25) is 4.98 Å². The quantitative estimate of drug-likeness (QED) is 0.856. The maximum atomic E-state index is 5.89. The number of aromatic nitrogens is 1. The molecule has 0 bridgehead atoms. The summed E-state index contributed by atoms with van der Waals surface area (Å²) >= 11 is 3.46. The standard InChI is InChI=1S/C12H11BrN2/c1-8-2-3-9(13)6-11(8)10-4-5-15-7-12(10)14/h2-7H,14H2,1H3. The molecule has 2 rings (SSSR count). The molecular formula is C12H11BrN2. The second-order valence-corrected chi connectivity index (χ2v) is 4.34. The minimum absolute atomic E-state index is 0.707. The summed E-state index contributed by atoms with van der Waals surface area (Å²) in [6.45, 7) is 2.07. The summed E-state index contributed by atoms with van der Waals surface area (Å²) in [5, 5.41) is 0. The first kappa shape index (κ1) is 10.2. The maximum absolute atomic E-state index is 5.89. The van der Waals surface area contributed by atoms with E-state index in [0.717, 1.165) is 15.6 Å². The van der Waals surface area contributed by atoms with Crippen molar-refractivity contribution in [2.24, 2.45) is 0 Å². The summed E-state index contributed by atoms with van der Waals surface area (Å²) in [6, 6.07) is 8.10. The molecule has 0 aliphatic heterocycles. The van der Waals surface area contributed by atoms with Crippen LogP contribution in [-0.2, 0) is 0 Å². The predicted molar refractivity (Wildman–Crippen MR) is 66.5 cm³/mol. The normalized spacial score (nSPS) is 10.3. The predicted octanol–water partition coefficient (Wildman–Crippen LogP) is 3.40. The van der Waals surface area contributed by atoms with Gasteiger partial charge >= 0.3 is 0 Å². The lowest BCUT2D eigenvalue weighted by Gasteiger charge is -2.08. The van der Waals surface area contributed by atoms with Gasteiger partial charge in [-0.2, -0.15) is 0 Å². The molecule has 0 amide bonds. The van der Waals surface area contributed by atoms with E-state index >= 15 is 0 Å². The van der Waals surface area contributed by atoms with E-state index < -0.39 is 0 Å². The second kappa shape index (κ2) is 4.03. The molecule has 1 heterocycles. The Kier molecular flexibility index (Phi) is 2.73. The van der Waals surface area contributed by atoms with Crippen LogP contribution in [0.25, 0.3) is 11.1 Å². The fourth-order valence-electron chi connectivity index (χ4n) is 1.54. The van der Waals surface area contributed by atoms with Gasteiger partial charge in [0.15, 0.2) is 0 Å². The lowest BCUT2D eigenvalue weighted by molar-refractivity contribution is 1.32. The van der Waals surface area contributed by atoms with Crippen LogP contribution in [-0.4, -0.2) is 4.98 Å². The molecule has 0 aliphatic rings. The second-order valence-electron chi connectivity index (χ2n) is 3.42. The summed E-state index contributed by atoms with van der Waals surface area (Å²) in [6.07, 6.45) is 3.43. The number of aryl methyl sites for hydroxylation is 1. The number of benzene rings is 1. The van der Waals surface area contributed by atoms with Crippen molar-refractivity contribution in [3.05, 3.63) is 46.7 Å². The van der Waals surface area contributed by atoms with Gasteiger partial charge in [-0.15, -0.1) is 0 Å². The van der Waals surface area contributed by atoms with Gasteiger partial charge in [-0.25, -0.2) is 0 Å². The molecule has 1 aromatic carbocycles. The molecule has 0 spiro atoms. The Morgan fingerprint density at radius 2 is 2.00 bits per heavy atom. The van der Waals surface area contributed by atoms with Gasteiger partial charge in [-0.05, 0) is 36.2 Å². The average Bonchev–Trinajstić information content (AvgIpc) is 2.23. The van der Waals surface area contributed by atoms with Gasteiger partial charge in [0.2, 0.25) is 0 Å². The van der Waals surface area contributed by atoms with Crippen LogP contribution in [0.2, 0.25) is 0 Å². The number of nitrogens with zero attached hydrogens (tertiary/aromatic N) is 1. The maximum Gasteiger partial charge on any atom is 0.0580 e. The van der Waals surface area contributed by atoms with Crippen molar-refractivity contribution in [2.45, 2.75) is 6.92 Å². The number of halogens is 1. The molecule has 76 valence electrons. The van der Waals surface area contributed by atoms with Crippen molar-refractivity contribution in [2.75, 3.05) is 5.73 Å². The van der Waals surface area contributed by atoms with Crippen LogP contribution in [0.15, 0.2) is 41.1 Å². The van der Waals surface area contributed by atoms with Crippen molar-refractivity contribution in [3.8, 4) is 11.1 Å². The van der Waals surface area contributed by atoms with E-state index in [-0.39, 0.29) is 0 Å². The van der Waals surface area contributed by atoms with E-state index in [1.165, 1.54) is 5.56 Å². The summed E-state index contributed by atoms with van der Waals surface area (Å²) in [5.41, 5.74) is 9.98. The molecule has 1 aromatic heterocycles. The monoisotopic (exact) mass is 262 g/mol. The Labute approximate surface area is 97.3 Å². The first-order chi connectivity index (χ1) is 7.18. The molecule has 2 aromatic rings. The van der Waals surface area contributed by atoms with Crippen LogP contribution >= 0.6 is 15.9 Å². The largest absolute Gasteiger partial charge is 0.397 e. The van der Waals surface area contributed by atoms with Crippen molar-refractivity contribution < 1.29 is 0 Å². The van der Waals surface area contributed by atoms with Crippen LogP contribution in [0.4, 0.5) is 5.69 Å². The highest BCUT2D eigenvalue weighted by Gasteiger charge is 2.05. The molecule has 15 heavy (non-hydrogen) atoms. The smallest absolute Gasteiger partial charge is 0.0580 e. The van der Waals surface area contributed by atoms with Crippen molar-refractivity contribution in [3.63, 3.8) is 0 Å². The van der Waals surface area contributed by atoms with Crippen molar-refractivity contribution in [1.82, 2.24) is 4.98 Å². The van der Waals surface area contributed by atoms with Crippen molar-refractivity contribution in [1.29, 1.82) is 0 Å². The molecule has 0 radical (unpaired) electrons. The lowest BCUT2D eigenvalue weighted by atomic mass is 10.0. The summed E-state index contributed by atoms with van der Waals surface area (Å²) in [7, 11) is 0. The SMILES string of the molecule is Cc1ccc(Br)cc1-c1ccncc1N. The molecule has 2 N–H and O–H groups in total. The number of hydrogen-bond acceptors (Lipinski definition) is 2. The van der Waals surface area contributed by atoms with Gasteiger partial charge in [-0.1, -0.05) is 22.0 Å². The fourth-order valence-corrected chi connectivity index (χ4v) is 1.90. The number of nitrogen functional groups attached to an aromatic ring is 1. The molecule has 0 fully saturated rings. The zero-order chi connectivity index (χ0) is 10.8. The number of anilines is 1. The average molecular weight is 263 g/mol. The van der Waals surface area contributed by atoms with Crippen LogP contribution in [0.5, 0.6) is 0 Å². The highest BCUT2D eigenvalue weighted by atomic mass is 79.9. The number of nitrogens with two attached hydrogens (primary N) is 1. The molecule has 0 saturated heterocycles. The Balaban J connectivity index is 2.64.